The van der Waals surface area contributed by atoms with E-state index in [4.69, 9.17) is 18.9 Å². The van der Waals surface area contributed by atoms with Crippen molar-refractivity contribution in [2.45, 2.75) is 19.0 Å². The van der Waals surface area contributed by atoms with Crippen LogP contribution in [0, 0.1) is 5.82 Å². The number of hydrogen-bond acceptors (Lipinski definition) is 6. The minimum absolute atomic E-state index is 0.00177. The van der Waals surface area contributed by atoms with Gasteiger partial charge in [-0.15, -0.1) is 0 Å². The van der Waals surface area contributed by atoms with E-state index in [0.717, 1.165) is 5.56 Å². The molecule has 0 saturated heterocycles. The average Bonchev–Trinajstić information content (AvgIpc) is 3.02. The molecule has 0 radical (unpaired) electrons. The van der Waals surface area contributed by atoms with E-state index in [1.165, 1.54) is 39.4 Å². The van der Waals surface area contributed by atoms with Crippen molar-refractivity contribution in [2.75, 3.05) is 33.8 Å². The molecule has 8 nitrogen and oxygen atoms in total. The molecule has 1 atom stereocenters. The lowest BCUT2D eigenvalue weighted by atomic mass is 10.0. The molecule has 42 heavy (non-hydrogen) atoms. The van der Waals surface area contributed by atoms with Gasteiger partial charge in [0.05, 0.1) is 40.5 Å². The van der Waals surface area contributed by atoms with Crippen LogP contribution >= 0.6 is 0 Å². The monoisotopic (exact) mass is 572 g/mol. The predicted molar refractivity (Wildman–Crippen MR) is 158 cm³/mol. The smallest absolute Gasteiger partial charge is 0.251 e. The van der Waals surface area contributed by atoms with Crippen LogP contribution in [0.4, 0.5) is 10.1 Å². The lowest BCUT2D eigenvalue weighted by Crippen LogP contribution is -2.42. The molecule has 0 fully saturated rings. The highest BCUT2D eigenvalue weighted by molar-refractivity contribution is 5.99. The molecule has 0 aliphatic carbocycles. The van der Waals surface area contributed by atoms with Gasteiger partial charge in [0, 0.05) is 18.2 Å². The van der Waals surface area contributed by atoms with Crippen LogP contribution in [0.2, 0.25) is 0 Å². The zero-order valence-corrected chi connectivity index (χ0v) is 23.9. The fourth-order valence-corrected chi connectivity index (χ4v) is 4.60. The first-order chi connectivity index (χ1) is 20.4. The molecule has 218 valence electrons. The van der Waals surface area contributed by atoms with Crippen molar-refractivity contribution < 1.29 is 32.9 Å². The van der Waals surface area contributed by atoms with Crippen LogP contribution in [0.5, 0.6) is 23.0 Å². The van der Waals surface area contributed by atoms with E-state index in [0.29, 0.717) is 34.2 Å². The second-order valence-corrected chi connectivity index (χ2v) is 9.35. The molecule has 0 bridgehead atoms. The lowest BCUT2D eigenvalue weighted by molar-refractivity contribution is -0.139. The first kappa shape index (κ1) is 29.9. The number of amides is 2. The van der Waals surface area contributed by atoms with Gasteiger partial charge in [-0.2, -0.15) is 0 Å². The lowest BCUT2D eigenvalue weighted by Gasteiger charge is -2.32. The van der Waals surface area contributed by atoms with Gasteiger partial charge in [-0.3, -0.25) is 9.59 Å². The number of nitrogens with zero attached hydrogens (tertiary/aromatic N) is 1. The first-order valence-corrected chi connectivity index (χ1v) is 13.2. The largest absolute Gasteiger partial charge is 0.497 e. The van der Waals surface area contributed by atoms with Gasteiger partial charge in [-0.25, -0.2) is 4.39 Å². The molecule has 0 saturated carbocycles. The minimum atomic E-state index is -1.19. The Kier molecular flexibility index (Phi) is 9.99. The summed E-state index contributed by atoms with van der Waals surface area (Å²) < 4.78 is 36.6. The molecule has 4 rings (SSSR count). The summed E-state index contributed by atoms with van der Waals surface area (Å²) in [4.78, 5) is 29.6. The Bertz CT molecular complexity index is 1530. The van der Waals surface area contributed by atoms with Crippen LogP contribution in [0.3, 0.4) is 0 Å². The molecule has 0 spiro atoms. The predicted octanol–water partition coefficient (Wildman–Crippen LogP) is 5.81. The third-order valence-electron chi connectivity index (χ3n) is 6.77. The van der Waals surface area contributed by atoms with Crippen molar-refractivity contribution in [3.63, 3.8) is 0 Å². The normalized spacial score (nSPS) is 11.3. The summed E-state index contributed by atoms with van der Waals surface area (Å²) in [5, 5.41) is 2.90. The van der Waals surface area contributed by atoms with E-state index in [1.807, 2.05) is 30.3 Å². The van der Waals surface area contributed by atoms with Gasteiger partial charge in [0.1, 0.15) is 23.4 Å². The Morgan fingerprint density at radius 3 is 2.12 bits per heavy atom. The number of ether oxygens (including phenoxy) is 4. The van der Waals surface area contributed by atoms with Gasteiger partial charge in [0.25, 0.3) is 5.91 Å². The molecule has 4 aromatic rings. The third-order valence-corrected chi connectivity index (χ3v) is 6.77. The van der Waals surface area contributed by atoms with Crippen molar-refractivity contribution in [1.82, 2.24) is 4.90 Å². The number of benzene rings is 4. The highest BCUT2D eigenvalue weighted by Gasteiger charge is 2.33. The Labute approximate surface area is 244 Å². The van der Waals surface area contributed by atoms with Crippen LogP contribution < -0.4 is 24.3 Å². The Balaban J connectivity index is 1.83. The van der Waals surface area contributed by atoms with E-state index in [-0.39, 0.29) is 24.4 Å². The van der Waals surface area contributed by atoms with Gasteiger partial charge in [-0.1, -0.05) is 54.6 Å². The van der Waals surface area contributed by atoms with Crippen LogP contribution in [0.15, 0.2) is 91.0 Å². The molecule has 1 N–H and O–H groups in total. The summed E-state index contributed by atoms with van der Waals surface area (Å²) in [5.74, 6) is 0.332. The second kappa shape index (κ2) is 14.0. The van der Waals surface area contributed by atoms with Gasteiger partial charge in [-0.05, 0) is 41.5 Å². The number of carbonyl (C=O) groups is 2. The Hall–Kier alpha value is -5.05. The zero-order valence-electron chi connectivity index (χ0n) is 23.9. The number of hydrogen-bond donors (Lipinski definition) is 1. The highest BCUT2D eigenvalue weighted by Crippen LogP contribution is 2.35. The van der Waals surface area contributed by atoms with E-state index >= 15 is 0 Å². The fourth-order valence-electron chi connectivity index (χ4n) is 4.60. The molecular formula is C33H33FN2O6. The van der Waals surface area contributed by atoms with Gasteiger partial charge >= 0.3 is 0 Å². The molecule has 1 unspecified atom stereocenters. The molecule has 0 heterocycles. The van der Waals surface area contributed by atoms with E-state index in [2.05, 4.69) is 5.32 Å². The summed E-state index contributed by atoms with van der Waals surface area (Å²) >= 11 is 0. The molecule has 0 aliphatic heterocycles. The maximum Gasteiger partial charge on any atom is 0.251 e. The number of nitrogens with one attached hydrogen (secondary N) is 1. The zero-order chi connectivity index (χ0) is 30.1. The summed E-state index contributed by atoms with van der Waals surface area (Å²) in [7, 11) is 5.99. The maximum atomic E-state index is 14.9. The molecule has 4 aromatic carbocycles. The molecule has 0 aromatic heterocycles. The van der Waals surface area contributed by atoms with Crippen LogP contribution in [0.1, 0.15) is 22.7 Å². The SMILES string of the molecule is COc1ccc(NC(=O)C(c2ccc(OC)c(OC)c2)N(Cc2ccccc2F)C(=O)Cc2ccccc2)c(OC)c1. The average molecular weight is 573 g/mol. The molecule has 0 aliphatic rings. The third kappa shape index (κ3) is 6.98. The van der Waals surface area contributed by atoms with Crippen molar-refractivity contribution in [3.8, 4) is 23.0 Å². The molecule has 2 amide bonds. The van der Waals surface area contributed by atoms with Gasteiger partial charge < -0.3 is 29.2 Å². The fraction of sp³-hybridized carbons (Fsp3) is 0.212. The van der Waals surface area contributed by atoms with Crippen molar-refractivity contribution in [1.29, 1.82) is 0 Å². The number of methoxy groups -OCH3 is 4. The maximum absolute atomic E-state index is 14.9. The van der Waals surface area contributed by atoms with Crippen molar-refractivity contribution in [2.24, 2.45) is 0 Å². The molecule has 9 heteroatoms. The standard InChI is InChI=1S/C33H33FN2O6/c1-39-25-15-16-27(29(20-25)41-3)35-33(38)32(23-14-17-28(40-2)30(19-23)42-4)36(21-24-12-8-9-13-26(24)34)31(37)18-22-10-6-5-7-11-22/h5-17,19-20,32H,18,21H2,1-4H3,(H,35,38). The van der Waals surface area contributed by atoms with Gasteiger partial charge in [0.15, 0.2) is 11.5 Å². The van der Waals surface area contributed by atoms with E-state index < -0.39 is 17.8 Å². The first-order valence-electron chi connectivity index (χ1n) is 13.2. The number of rotatable bonds is 12. The summed E-state index contributed by atoms with van der Waals surface area (Å²) in [5.41, 5.74) is 1.83. The van der Waals surface area contributed by atoms with Crippen molar-refractivity contribution in [3.05, 3.63) is 114 Å². The number of halogens is 1. The molecular weight excluding hydrogens is 539 g/mol. The van der Waals surface area contributed by atoms with Crippen LogP contribution in [-0.4, -0.2) is 45.2 Å². The van der Waals surface area contributed by atoms with E-state index in [9.17, 15) is 14.0 Å². The van der Waals surface area contributed by atoms with Crippen molar-refractivity contribution >= 4 is 17.5 Å². The number of anilines is 1. The quantitative estimate of drug-likeness (QED) is 0.231. The highest BCUT2D eigenvalue weighted by atomic mass is 19.1. The second-order valence-electron chi connectivity index (χ2n) is 9.35. The minimum Gasteiger partial charge on any atom is -0.497 e. The van der Waals surface area contributed by atoms with E-state index in [1.54, 1.807) is 54.6 Å². The summed E-state index contributed by atoms with van der Waals surface area (Å²) in [6.45, 7) is -0.162. The Morgan fingerprint density at radius 2 is 1.45 bits per heavy atom. The summed E-state index contributed by atoms with van der Waals surface area (Å²) in [6, 6.07) is 24.1. The van der Waals surface area contributed by atoms with Crippen LogP contribution in [0.25, 0.3) is 0 Å². The number of carbonyl (C=O) groups excluding carboxylic acids is 2. The summed E-state index contributed by atoms with van der Waals surface area (Å²) in [6.07, 6.45) is -0.00177. The Morgan fingerprint density at radius 1 is 0.762 bits per heavy atom. The topological polar surface area (TPSA) is 86.3 Å². The van der Waals surface area contributed by atoms with Gasteiger partial charge in [0.2, 0.25) is 5.91 Å². The van der Waals surface area contributed by atoms with Crippen LogP contribution in [-0.2, 0) is 22.6 Å².